The van der Waals surface area contributed by atoms with Crippen LogP contribution in [0.5, 0.6) is 11.5 Å². The maximum atomic E-state index is 12.2. The molecule has 0 aliphatic heterocycles. The van der Waals surface area contributed by atoms with Gasteiger partial charge in [-0.15, -0.1) is 0 Å². The highest BCUT2D eigenvalue weighted by Gasteiger charge is 2.13. The van der Waals surface area contributed by atoms with E-state index in [-0.39, 0.29) is 4.90 Å². The summed E-state index contributed by atoms with van der Waals surface area (Å²) in [4.78, 5) is 2.30. The van der Waals surface area contributed by atoms with Crippen LogP contribution >= 0.6 is 11.6 Å². The van der Waals surface area contributed by atoms with Crippen LogP contribution in [0.3, 0.4) is 0 Å². The van der Waals surface area contributed by atoms with Crippen LogP contribution < -0.4 is 14.3 Å². The van der Waals surface area contributed by atoms with Gasteiger partial charge in [0, 0.05) is 0 Å². The second-order valence-electron chi connectivity index (χ2n) is 5.13. The van der Waals surface area contributed by atoms with Gasteiger partial charge in [0.05, 0.1) is 29.8 Å². The van der Waals surface area contributed by atoms with Crippen molar-refractivity contribution in [3.63, 3.8) is 0 Å². The monoisotopic (exact) mass is 382 g/mol. The number of ether oxygens (including phenoxy) is 2. The normalized spacial score (nSPS) is 11.5. The lowest BCUT2D eigenvalue weighted by Gasteiger charge is -2.11. The fourth-order valence-corrected chi connectivity index (χ4v) is 3.10. The van der Waals surface area contributed by atoms with E-state index in [9.17, 15) is 8.42 Å². The van der Waals surface area contributed by atoms with Gasteiger partial charge in [-0.3, -0.25) is 0 Å². The fraction of sp³-hybridized carbons (Fsp3) is 0.235. The molecule has 0 unspecified atom stereocenters. The summed E-state index contributed by atoms with van der Waals surface area (Å²) in [6.07, 6.45) is 1.34. The minimum Gasteiger partial charge on any atom is -0.493 e. The number of halogens is 1. The van der Waals surface area contributed by atoms with E-state index in [0.29, 0.717) is 28.7 Å². The van der Waals surface area contributed by atoms with Crippen molar-refractivity contribution in [3.05, 3.63) is 52.5 Å². The molecule has 0 fully saturated rings. The lowest BCUT2D eigenvalue weighted by molar-refractivity contribution is 0.311. The average molecular weight is 383 g/mol. The van der Waals surface area contributed by atoms with Gasteiger partial charge in [0.25, 0.3) is 10.0 Å². The molecule has 0 aliphatic carbocycles. The highest BCUT2D eigenvalue weighted by molar-refractivity contribution is 7.89. The maximum absolute atomic E-state index is 12.2. The van der Waals surface area contributed by atoms with Gasteiger partial charge in [-0.1, -0.05) is 29.3 Å². The summed E-state index contributed by atoms with van der Waals surface area (Å²) in [5.74, 6) is 0.876. The molecular formula is C17H19ClN2O4S. The van der Waals surface area contributed by atoms with Crippen LogP contribution in [-0.4, -0.2) is 28.3 Å². The van der Waals surface area contributed by atoms with Crippen molar-refractivity contribution in [1.82, 2.24) is 4.83 Å². The van der Waals surface area contributed by atoms with E-state index < -0.39 is 10.0 Å². The van der Waals surface area contributed by atoms with Crippen molar-refractivity contribution in [2.45, 2.75) is 18.7 Å². The molecule has 0 bridgehead atoms. The van der Waals surface area contributed by atoms with Gasteiger partial charge in [-0.2, -0.15) is 13.5 Å². The van der Waals surface area contributed by atoms with Crippen molar-refractivity contribution in [2.24, 2.45) is 5.10 Å². The van der Waals surface area contributed by atoms with Crippen molar-refractivity contribution in [3.8, 4) is 11.5 Å². The summed E-state index contributed by atoms with van der Waals surface area (Å²) in [6, 6.07) is 9.73. The number of hydrazone groups is 1. The van der Waals surface area contributed by atoms with Gasteiger partial charge in [-0.05, 0) is 43.7 Å². The first kappa shape index (κ1) is 19.1. The molecule has 2 rings (SSSR count). The lowest BCUT2D eigenvalue weighted by Crippen LogP contribution is -2.18. The highest BCUT2D eigenvalue weighted by Crippen LogP contribution is 2.35. The van der Waals surface area contributed by atoms with Crippen molar-refractivity contribution < 1.29 is 17.9 Å². The molecule has 0 aliphatic rings. The minimum atomic E-state index is -3.73. The predicted molar refractivity (Wildman–Crippen MR) is 98.3 cm³/mol. The van der Waals surface area contributed by atoms with E-state index >= 15 is 0 Å². The number of rotatable bonds is 7. The number of nitrogens with one attached hydrogen (secondary N) is 1. The standard InChI is InChI=1S/C17H19ClN2O4S/c1-4-24-17-15(18)9-13(10-16(17)23-3)11-19-20-25(21,22)14-7-5-12(2)6-8-14/h5-11,20H,4H2,1-3H3/b19-11+. The second-order valence-corrected chi connectivity index (χ2v) is 7.20. The van der Waals surface area contributed by atoms with Crippen molar-refractivity contribution >= 4 is 27.8 Å². The maximum Gasteiger partial charge on any atom is 0.276 e. The summed E-state index contributed by atoms with van der Waals surface area (Å²) in [5, 5.41) is 4.14. The van der Waals surface area contributed by atoms with E-state index in [1.165, 1.54) is 25.5 Å². The Balaban J connectivity index is 2.19. The van der Waals surface area contributed by atoms with E-state index in [2.05, 4.69) is 9.93 Å². The fourth-order valence-electron chi connectivity index (χ4n) is 2.04. The predicted octanol–water partition coefficient (Wildman–Crippen LogP) is 3.37. The van der Waals surface area contributed by atoms with Crippen LogP contribution in [0.1, 0.15) is 18.1 Å². The van der Waals surface area contributed by atoms with E-state index in [1.807, 2.05) is 13.8 Å². The van der Waals surface area contributed by atoms with Crippen LogP contribution in [0.25, 0.3) is 0 Å². The Morgan fingerprint density at radius 1 is 1.24 bits per heavy atom. The number of aryl methyl sites for hydroxylation is 1. The Hall–Kier alpha value is -2.25. The van der Waals surface area contributed by atoms with Crippen molar-refractivity contribution in [2.75, 3.05) is 13.7 Å². The molecule has 0 spiro atoms. The highest BCUT2D eigenvalue weighted by atomic mass is 35.5. The molecule has 0 heterocycles. The Morgan fingerprint density at radius 3 is 2.52 bits per heavy atom. The molecular weight excluding hydrogens is 364 g/mol. The second kappa shape index (κ2) is 8.22. The van der Waals surface area contributed by atoms with Crippen LogP contribution in [0.2, 0.25) is 5.02 Å². The molecule has 134 valence electrons. The smallest absolute Gasteiger partial charge is 0.276 e. The number of methoxy groups -OCH3 is 1. The molecule has 2 aromatic carbocycles. The number of hydrogen-bond acceptors (Lipinski definition) is 5. The molecule has 6 nitrogen and oxygen atoms in total. The molecule has 0 atom stereocenters. The third-order valence-electron chi connectivity index (χ3n) is 3.26. The van der Waals surface area contributed by atoms with Crippen LogP contribution in [0, 0.1) is 6.92 Å². The van der Waals surface area contributed by atoms with E-state index in [0.717, 1.165) is 5.56 Å². The van der Waals surface area contributed by atoms with Gasteiger partial charge in [-0.25, -0.2) is 4.83 Å². The molecule has 0 radical (unpaired) electrons. The van der Waals surface area contributed by atoms with Crippen LogP contribution in [-0.2, 0) is 10.0 Å². The summed E-state index contributed by atoms with van der Waals surface area (Å²) in [5.41, 5.74) is 1.54. The van der Waals surface area contributed by atoms with E-state index in [4.69, 9.17) is 21.1 Å². The first-order chi connectivity index (χ1) is 11.9. The molecule has 0 aromatic heterocycles. The van der Waals surface area contributed by atoms with Crippen LogP contribution in [0.4, 0.5) is 0 Å². The number of hydrogen-bond donors (Lipinski definition) is 1. The van der Waals surface area contributed by atoms with Crippen molar-refractivity contribution in [1.29, 1.82) is 0 Å². The summed E-state index contributed by atoms with van der Waals surface area (Å²) >= 11 is 6.17. The molecule has 0 saturated carbocycles. The zero-order chi connectivity index (χ0) is 18.4. The summed E-state index contributed by atoms with van der Waals surface area (Å²) < 4.78 is 35.0. The SMILES string of the molecule is CCOc1c(Cl)cc(/C=N/NS(=O)(=O)c2ccc(C)cc2)cc1OC. The summed E-state index contributed by atoms with van der Waals surface area (Å²) in [7, 11) is -2.23. The zero-order valence-corrected chi connectivity index (χ0v) is 15.7. The topological polar surface area (TPSA) is 77.0 Å². The average Bonchev–Trinajstić information content (AvgIpc) is 2.57. The Bertz CT molecular complexity index is 865. The zero-order valence-electron chi connectivity index (χ0n) is 14.1. The molecule has 1 N–H and O–H groups in total. The van der Waals surface area contributed by atoms with Gasteiger partial charge in [0.1, 0.15) is 0 Å². The van der Waals surface area contributed by atoms with Gasteiger partial charge < -0.3 is 9.47 Å². The first-order valence-electron chi connectivity index (χ1n) is 7.49. The third-order valence-corrected chi connectivity index (χ3v) is 4.78. The molecule has 8 heteroatoms. The number of nitrogens with zero attached hydrogens (tertiary/aromatic N) is 1. The first-order valence-corrected chi connectivity index (χ1v) is 9.35. The molecule has 0 amide bonds. The number of benzene rings is 2. The quantitative estimate of drug-likeness (QED) is 0.588. The van der Waals surface area contributed by atoms with Gasteiger partial charge in [0.2, 0.25) is 0 Å². The van der Waals surface area contributed by atoms with E-state index in [1.54, 1.807) is 24.3 Å². The molecule has 0 saturated heterocycles. The summed E-state index contributed by atoms with van der Waals surface area (Å²) in [6.45, 7) is 4.16. The number of sulfonamides is 1. The van der Waals surface area contributed by atoms with Crippen LogP contribution in [0.15, 0.2) is 46.4 Å². The third kappa shape index (κ3) is 4.87. The minimum absolute atomic E-state index is 0.137. The Morgan fingerprint density at radius 2 is 1.92 bits per heavy atom. The van der Waals surface area contributed by atoms with Gasteiger partial charge in [0.15, 0.2) is 11.5 Å². The Labute approximate surface area is 152 Å². The Kier molecular flexibility index (Phi) is 6.27. The molecule has 25 heavy (non-hydrogen) atoms. The molecule has 2 aromatic rings. The largest absolute Gasteiger partial charge is 0.493 e. The van der Waals surface area contributed by atoms with Gasteiger partial charge >= 0.3 is 0 Å². The lowest BCUT2D eigenvalue weighted by atomic mass is 10.2.